The monoisotopic (exact) mass is 270 g/mol. The van der Waals surface area contributed by atoms with E-state index in [-0.39, 0.29) is 12.1 Å². The zero-order chi connectivity index (χ0) is 13.9. The average Bonchev–Trinajstić information content (AvgIpc) is 3.12. The van der Waals surface area contributed by atoms with Gasteiger partial charge in [-0.05, 0) is 32.0 Å². The molecule has 0 unspecified atom stereocenters. The Kier molecular flexibility index (Phi) is 3.52. The fraction of sp³-hybridized carbons (Fsp3) is 0.333. The van der Waals surface area contributed by atoms with Crippen LogP contribution in [-0.2, 0) is 6.54 Å². The van der Waals surface area contributed by atoms with E-state index in [9.17, 15) is 0 Å². The van der Waals surface area contributed by atoms with E-state index in [1.54, 1.807) is 6.20 Å². The number of nitrogens with one attached hydrogen (secondary N) is 1. The molecule has 2 heterocycles. The van der Waals surface area contributed by atoms with Crippen LogP contribution < -0.4 is 5.32 Å². The molecule has 5 heteroatoms. The molecule has 0 radical (unpaired) electrons. The van der Waals surface area contributed by atoms with Crippen molar-refractivity contribution >= 4 is 11.1 Å². The van der Waals surface area contributed by atoms with Gasteiger partial charge in [-0.2, -0.15) is 5.10 Å². The second-order valence-corrected chi connectivity index (χ2v) is 4.97. The van der Waals surface area contributed by atoms with Crippen LogP contribution in [0.25, 0.3) is 11.1 Å². The summed E-state index contributed by atoms with van der Waals surface area (Å²) in [6, 6.07) is 10.3. The van der Waals surface area contributed by atoms with Gasteiger partial charge in [0.05, 0.1) is 12.6 Å². The van der Waals surface area contributed by atoms with Crippen molar-refractivity contribution in [1.82, 2.24) is 20.1 Å². The molecule has 3 aromatic rings. The zero-order valence-corrected chi connectivity index (χ0v) is 11.7. The molecule has 0 aliphatic heterocycles. The number of hydrogen-bond acceptors (Lipinski definition) is 4. The van der Waals surface area contributed by atoms with Gasteiger partial charge >= 0.3 is 0 Å². The molecule has 0 saturated carbocycles. The van der Waals surface area contributed by atoms with Crippen molar-refractivity contribution in [2.45, 2.75) is 32.5 Å². The lowest BCUT2D eigenvalue weighted by Gasteiger charge is -2.21. The van der Waals surface area contributed by atoms with E-state index in [1.165, 1.54) is 0 Å². The van der Waals surface area contributed by atoms with Gasteiger partial charge in [0.2, 0.25) is 5.89 Å². The molecule has 0 fully saturated rings. The van der Waals surface area contributed by atoms with E-state index in [2.05, 4.69) is 29.2 Å². The lowest BCUT2D eigenvalue weighted by molar-refractivity contribution is 0.350. The molecule has 2 aromatic heterocycles. The van der Waals surface area contributed by atoms with Crippen LogP contribution in [0, 0.1) is 0 Å². The first-order valence-electron chi connectivity index (χ1n) is 6.81. The number of para-hydroxylation sites is 2. The fourth-order valence-electron chi connectivity index (χ4n) is 2.17. The summed E-state index contributed by atoms with van der Waals surface area (Å²) in [4.78, 5) is 4.46. The minimum atomic E-state index is 0.268. The van der Waals surface area contributed by atoms with Gasteiger partial charge in [0.25, 0.3) is 0 Å². The molecule has 0 saturated heterocycles. The summed E-state index contributed by atoms with van der Waals surface area (Å²) in [5.41, 5.74) is 1.73. The Hall–Kier alpha value is -2.14. The molecule has 104 valence electrons. The van der Waals surface area contributed by atoms with Crippen molar-refractivity contribution < 1.29 is 4.42 Å². The van der Waals surface area contributed by atoms with Gasteiger partial charge in [0.1, 0.15) is 5.52 Å². The lowest BCUT2D eigenvalue weighted by Crippen LogP contribution is -2.33. The molecule has 0 spiro atoms. The van der Waals surface area contributed by atoms with E-state index in [4.69, 9.17) is 4.42 Å². The summed E-state index contributed by atoms with van der Waals surface area (Å²) in [5, 5.41) is 7.70. The normalized spacial score (nSPS) is 14.5. The van der Waals surface area contributed by atoms with Gasteiger partial charge in [0, 0.05) is 18.4 Å². The van der Waals surface area contributed by atoms with Crippen LogP contribution in [-0.4, -0.2) is 20.8 Å². The topological polar surface area (TPSA) is 55.9 Å². The fourth-order valence-corrected chi connectivity index (χ4v) is 2.17. The summed E-state index contributed by atoms with van der Waals surface area (Å²) in [6.07, 6.45) is 3.77. The first kappa shape index (κ1) is 12.9. The van der Waals surface area contributed by atoms with E-state index >= 15 is 0 Å². The minimum absolute atomic E-state index is 0.268. The van der Waals surface area contributed by atoms with Crippen LogP contribution in [0.4, 0.5) is 0 Å². The molecule has 0 aliphatic rings. The van der Waals surface area contributed by atoms with Crippen LogP contribution in [0.5, 0.6) is 0 Å². The summed E-state index contributed by atoms with van der Waals surface area (Å²) < 4.78 is 7.64. The van der Waals surface area contributed by atoms with Crippen LogP contribution in [0.3, 0.4) is 0 Å². The minimum Gasteiger partial charge on any atom is -0.439 e. The van der Waals surface area contributed by atoms with Gasteiger partial charge in [-0.1, -0.05) is 12.1 Å². The van der Waals surface area contributed by atoms with Crippen LogP contribution in [0.15, 0.2) is 47.1 Å². The first-order valence-corrected chi connectivity index (χ1v) is 6.81. The first-order chi connectivity index (χ1) is 9.74. The van der Waals surface area contributed by atoms with Crippen LogP contribution in [0.2, 0.25) is 0 Å². The third-order valence-electron chi connectivity index (χ3n) is 3.58. The number of rotatable bonds is 5. The Labute approximate surface area is 117 Å². The zero-order valence-electron chi connectivity index (χ0n) is 11.7. The predicted molar refractivity (Wildman–Crippen MR) is 77.2 cm³/mol. The molecule has 0 aliphatic carbocycles. The summed E-state index contributed by atoms with van der Waals surface area (Å²) in [7, 11) is 0. The molecule has 1 N–H and O–H groups in total. The summed E-state index contributed by atoms with van der Waals surface area (Å²) in [5.74, 6) is 0.714. The molecule has 3 rings (SSSR count). The third-order valence-corrected chi connectivity index (χ3v) is 3.58. The average molecular weight is 270 g/mol. The number of aromatic nitrogens is 3. The van der Waals surface area contributed by atoms with Gasteiger partial charge in [-0.3, -0.25) is 4.68 Å². The smallest absolute Gasteiger partial charge is 0.209 e. The molecule has 5 nitrogen and oxygen atoms in total. The number of hydrogen-bond donors (Lipinski definition) is 1. The molecular formula is C15H18N4O. The van der Waals surface area contributed by atoms with Gasteiger partial charge < -0.3 is 9.73 Å². The predicted octanol–water partition coefficient (Wildman–Crippen LogP) is 2.76. The third kappa shape index (κ3) is 2.58. The molecule has 20 heavy (non-hydrogen) atoms. The molecule has 1 aromatic carbocycles. The highest BCUT2D eigenvalue weighted by Crippen LogP contribution is 2.15. The summed E-state index contributed by atoms with van der Waals surface area (Å²) in [6.45, 7) is 4.88. The highest BCUT2D eigenvalue weighted by molar-refractivity contribution is 5.72. The lowest BCUT2D eigenvalue weighted by atomic mass is 10.2. The van der Waals surface area contributed by atoms with E-state index in [0.717, 1.165) is 11.1 Å². The van der Waals surface area contributed by atoms with E-state index in [1.807, 2.05) is 41.2 Å². The molecule has 2 atom stereocenters. The quantitative estimate of drug-likeness (QED) is 0.774. The largest absolute Gasteiger partial charge is 0.439 e. The van der Waals surface area contributed by atoms with Gasteiger partial charge in [0.15, 0.2) is 5.58 Å². The van der Waals surface area contributed by atoms with Gasteiger partial charge in [-0.15, -0.1) is 0 Å². The maximum atomic E-state index is 5.69. The van der Waals surface area contributed by atoms with Gasteiger partial charge in [-0.25, -0.2) is 4.98 Å². The van der Waals surface area contributed by atoms with Crippen molar-refractivity contribution in [3.05, 3.63) is 48.6 Å². The Morgan fingerprint density at radius 3 is 2.85 bits per heavy atom. The van der Waals surface area contributed by atoms with Crippen molar-refractivity contribution in [2.75, 3.05) is 0 Å². The van der Waals surface area contributed by atoms with Crippen molar-refractivity contribution in [3.63, 3.8) is 0 Å². The number of oxazole rings is 1. The Bertz CT molecular complexity index is 641. The summed E-state index contributed by atoms with van der Waals surface area (Å²) >= 11 is 0. The molecule has 0 bridgehead atoms. The number of benzene rings is 1. The van der Waals surface area contributed by atoms with Crippen molar-refractivity contribution in [1.29, 1.82) is 0 Å². The molecular weight excluding hydrogens is 252 g/mol. The second-order valence-electron chi connectivity index (χ2n) is 4.97. The second kappa shape index (κ2) is 5.46. The van der Waals surface area contributed by atoms with Crippen LogP contribution in [0.1, 0.15) is 25.8 Å². The Morgan fingerprint density at radius 2 is 2.10 bits per heavy atom. The highest BCUT2D eigenvalue weighted by atomic mass is 16.3. The van der Waals surface area contributed by atoms with E-state index in [0.29, 0.717) is 12.4 Å². The maximum absolute atomic E-state index is 5.69. The van der Waals surface area contributed by atoms with Crippen molar-refractivity contribution in [2.24, 2.45) is 0 Å². The van der Waals surface area contributed by atoms with E-state index < -0.39 is 0 Å². The standard InChI is InChI=1S/C15H18N4O/c1-11(12(2)19-9-5-8-17-19)16-10-15-18-13-6-3-4-7-14(13)20-15/h3-9,11-12,16H,10H2,1-2H3/t11-,12+/m0/s1. The maximum Gasteiger partial charge on any atom is 0.209 e. The SMILES string of the molecule is C[C@H](NCc1nc2ccccc2o1)[C@@H](C)n1cccn1. The number of fused-ring (bicyclic) bond motifs is 1. The number of nitrogens with zero attached hydrogens (tertiary/aromatic N) is 3. The highest BCUT2D eigenvalue weighted by Gasteiger charge is 2.14. The molecule has 0 amide bonds. The van der Waals surface area contributed by atoms with Crippen molar-refractivity contribution in [3.8, 4) is 0 Å². The van der Waals surface area contributed by atoms with Crippen LogP contribution >= 0.6 is 0 Å². The Morgan fingerprint density at radius 1 is 1.25 bits per heavy atom. The Balaban J connectivity index is 1.64.